The van der Waals surface area contributed by atoms with Crippen LogP contribution in [0.25, 0.3) is 64.0 Å². The number of thiophene rings is 1. The SMILES string of the molecule is c1ccc(-c2ccc(N(c3cccc4c3ccc3sc5ccccc5c34)c3cccc4oc5ccccc5c34)cc2)cc1. The predicted octanol–water partition coefficient (Wildman–Crippen LogP) is 12.2. The molecule has 0 unspecified atom stereocenters. The molecule has 2 aromatic heterocycles. The minimum absolute atomic E-state index is 0.885. The number of hydrogen-bond acceptors (Lipinski definition) is 3. The summed E-state index contributed by atoms with van der Waals surface area (Å²) in [6, 6.07) is 54.2. The molecule has 9 aromatic rings. The van der Waals surface area contributed by atoms with Crippen molar-refractivity contribution in [1.82, 2.24) is 0 Å². The first-order valence-corrected chi connectivity index (χ1v) is 15.3. The first-order chi connectivity index (χ1) is 21.3. The molecule has 0 aliphatic heterocycles. The highest BCUT2D eigenvalue weighted by atomic mass is 32.1. The fourth-order valence-corrected chi connectivity index (χ4v) is 7.67. The summed E-state index contributed by atoms with van der Waals surface area (Å²) in [6.45, 7) is 0. The van der Waals surface area contributed by atoms with Crippen molar-refractivity contribution in [3.05, 3.63) is 152 Å². The van der Waals surface area contributed by atoms with Crippen LogP contribution in [0.4, 0.5) is 17.1 Å². The van der Waals surface area contributed by atoms with E-state index in [1.165, 1.54) is 42.1 Å². The van der Waals surface area contributed by atoms with Gasteiger partial charge in [-0.05, 0) is 65.0 Å². The second-order valence-electron chi connectivity index (χ2n) is 10.9. The summed E-state index contributed by atoms with van der Waals surface area (Å²) in [6.07, 6.45) is 0. The van der Waals surface area contributed by atoms with Crippen LogP contribution in [-0.2, 0) is 0 Å². The second kappa shape index (κ2) is 9.59. The molecule has 3 heteroatoms. The molecule has 0 amide bonds. The summed E-state index contributed by atoms with van der Waals surface area (Å²) in [5.74, 6) is 0. The Morgan fingerprint density at radius 3 is 1.95 bits per heavy atom. The van der Waals surface area contributed by atoms with Crippen molar-refractivity contribution in [2.45, 2.75) is 0 Å². The summed E-state index contributed by atoms with van der Waals surface area (Å²) in [7, 11) is 0. The van der Waals surface area contributed by atoms with Gasteiger partial charge in [0.05, 0.1) is 16.8 Å². The normalized spacial score (nSPS) is 11.7. The third-order valence-electron chi connectivity index (χ3n) is 8.47. The van der Waals surface area contributed by atoms with Crippen LogP contribution >= 0.6 is 11.3 Å². The van der Waals surface area contributed by atoms with E-state index in [1.807, 2.05) is 17.4 Å². The zero-order valence-electron chi connectivity index (χ0n) is 23.2. The lowest BCUT2D eigenvalue weighted by Gasteiger charge is -2.28. The molecular weight excluding hydrogens is 543 g/mol. The average molecular weight is 568 g/mol. The van der Waals surface area contributed by atoms with Crippen molar-refractivity contribution in [1.29, 1.82) is 0 Å². The van der Waals surface area contributed by atoms with Gasteiger partial charge >= 0.3 is 0 Å². The molecule has 0 N–H and O–H groups in total. The third kappa shape index (κ3) is 3.79. The number of rotatable bonds is 4. The Hall–Kier alpha value is -5.38. The van der Waals surface area contributed by atoms with Gasteiger partial charge in [0, 0.05) is 36.6 Å². The predicted molar refractivity (Wildman–Crippen MR) is 184 cm³/mol. The van der Waals surface area contributed by atoms with Crippen LogP contribution in [0.1, 0.15) is 0 Å². The molecule has 0 radical (unpaired) electrons. The summed E-state index contributed by atoms with van der Waals surface area (Å²) < 4.78 is 8.98. The minimum atomic E-state index is 0.885. The average Bonchev–Trinajstić information content (AvgIpc) is 3.65. The number of fused-ring (bicyclic) bond motifs is 8. The van der Waals surface area contributed by atoms with Gasteiger partial charge in [0.2, 0.25) is 0 Å². The highest BCUT2D eigenvalue weighted by Gasteiger charge is 2.21. The van der Waals surface area contributed by atoms with Crippen LogP contribution in [-0.4, -0.2) is 0 Å². The summed E-state index contributed by atoms with van der Waals surface area (Å²) in [4.78, 5) is 2.40. The van der Waals surface area contributed by atoms with Crippen LogP contribution < -0.4 is 4.90 Å². The van der Waals surface area contributed by atoms with Crippen LogP contribution in [0.15, 0.2) is 156 Å². The van der Waals surface area contributed by atoms with E-state index in [-0.39, 0.29) is 0 Å². The van der Waals surface area contributed by atoms with Crippen molar-refractivity contribution in [2.75, 3.05) is 4.90 Å². The Morgan fingerprint density at radius 2 is 1.07 bits per heavy atom. The molecule has 0 saturated carbocycles. The molecular formula is C40H25NOS. The molecule has 0 bridgehead atoms. The molecule has 0 aliphatic rings. The number of furan rings is 1. The largest absolute Gasteiger partial charge is 0.456 e. The number of hydrogen-bond donors (Lipinski definition) is 0. The molecule has 2 nitrogen and oxygen atoms in total. The van der Waals surface area contributed by atoms with Gasteiger partial charge in [0.15, 0.2) is 0 Å². The maximum Gasteiger partial charge on any atom is 0.137 e. The second-order valence-corrected chi connectivity index (χ2v) is 12.0. The molecule has 0 atom stereocenters. The van der Waals surface area contributed by atoms with E-state index < -0.39 is 0 Å². The van der Waals surface area contributed by atoms with Crippen molar-refractivity contribution >= 4 is 81.3 Å². The quantitative estimate of drug-likeness (QED) is 0.210. The Labute approximate surface area is 252 Å². The molecule has 43 heavy (non-hydrogen) atoms. The monoisotopic (exact) mass is 567 g/mol. The first-order valence-electron chi connectivity index (χ1n) is 14.5. The maximum absolute atomic E-state index is 6.35. The van der Waals surface area contributed by atoms with E-state index in [4.69, 9.17) is 4.42 Å². The van der Waals surface area contributed by atoms with Gasteiger partial charge in [-0.25, -0.2) is 0 Å². The van der Waals surface area contributed by atoms with Crippen molar-refractivity contribution in [3.8, 4) is 11.1 Å². The molecule has 0 saturated heterocycles. The highest BCUT2D eigenvalue weighted by Crippen LogP contribution is 2.47. The van der Waals surface area contributed by atoms with Gasteiger partial charge in [-0.2, -0.15) is 0 Å². The number of nitrogens with zero attached hydrogens (tertiary/aromatic N) is 1. The Morgan fingerprint density at radius 1 is 0.395 bits per heavy atom. The fourth-order valence-electron chi connectivity index (χ4n) is 6.54. The van der Waals surface area contributed by atoms with Gasteiger partial charge in [-0.3, -0.25) is 0 Å². The highest BCUT2D eigenvalue weighted by molar-refractivity contribution is 7.26. The molecule has 202 valence electrons. The number of benzene rings is 7. The number of para-hydroxylation sites is 1. The summed E-state index contributed by atoms with van der Waals surface area (Å²) in [5.41, 5.74) is 7.52. The fraction of sp³-hybridized carbons (Fsp3) is 0. The van der Waals surface area contributed by atoms with Crippen LogP contribution in [0.5, 0.6) is 0 Å². The van der Waals surface area contributed by atoms with Crippen molar-refractivity contribution < 1.29 is 4.42 Å². The van der Waals surface area contributed by atoms with E-state index in [2.05, 4.69) is 150 Å². The van der Waals surface area contributed by atoms with Crippen LogP contribution in [0.3, 0.4) is 0 Å². The van der Waals surface area contributed by atoms with Gasteiger partial charge in [0.1, 0.15) is 11.2 Å². The zero-order valence-corrected chi connectivity index (χ0v) is 24.0. The smallest absolute Gasteiger partial charge is 0.137 e. The molecule has 0 aliphatic carbocycles. The zero-order chi connectivity index (χ0) is 28.3. The third-order valence-corrected chi connectivity index (χ3v) is 9.61. The Bertz CT molecular complexity index is 2450. The molecule has 9 rings (SSSR count). The Kier molecular flexibility index (Phi) is 5.40. The van der Waals surface area contributed by atoms with E-state index in [9.17, 15) is 0 Å². The lowest BCUT2D eigenvalue weighted by atomic mass is 10.00. The van der Waals surface area contributed by atoms with E-state index in [0.29, 0.717) is 0 Å². The van der Waals surface area contributed by atoms with E-state index >= 15 is 0 Å². The molecule has 2 heterocycles. The lowest BCUT2D eigenvalue weighted by molar-refractivity contribution is 0.669. The van der Waals surface area contributed by atoms with Gasteiger partial charge in [0.25, 0.3) is 0 Å². The van der Waals surface area contributed by atoms with Crippen LogP contribution in [0.2, 0.25) is 0 Å². The van der Waals surface area contributed by atoms with Gasteiger partial charge in [-0.15, -0.1) is 11.3 Å². The van der Waals surface area contributed by atoms with Crippen LogP contribution in [0, 0.1) is 0 Å². The summed E-state index contributed by atoms with van der Waals surface area (Å²) in [5, 5.41) is 7.35. The standard InChI is InChI=1S/C40H25NOS/c1-2-10-26(11-3-1)27-20-22-28(23-21-27)41(34-16-9-18-36-40(34)31-12-4-6-17-35(31)42-36)33-15-8-14-30-29(33)24-25-38-39(30)32-13-5-7-19-37(32)43-38/h1-25H. The molecule has 0 spiro atoms. The van der Waals surface area contributed by atoms with E-state index in [1.54, 1.807) is 0 Å². The van der Waals surface area contributed by atoms with Crippen molar-refractivity contribution in [2.24, 2.45) is 0 Å². The lowest BCUT2D eigenvalue weighted by Crippen LogP contribution is -2.11. The van der Waals surface area contributed by atoms with E-state index in [0.717, 1.165) is 39.0 Å². The first kappa shape index (κ1) is 24.2. The Balaban J connectivity index is 1.34. The summed E-state index contributed by atoms with van der Waals surface area (Å²) >= 11 is 1.86. The molecule has 0 fully saturated rings. The minimum Gasteiger partial charge on any atom is -0.456 e. The van der Waals surface area contributed by atoms with Crippen molar-refractivity contribution in [3.63, 3.8) is 0 Å². The van der Waals surface area contributed by atoms with Gasteiger partial charge in [-0.1, -0.05) is 103 Å². The topological polar surface area (TPSA) is 16.4 Å². The number of anilines is 3. The maximum atomic E-state index is 6.35. The van der Waals surface area contributed by atoms with Gasteiger partial charge < -0.3 is 9.32 Å². The molecule has 7 aromatic carbocycles.